The van der Waals surface area contributed by atoms with Crippen LogP contribution in [0.15, 0.2) is 220 Å². The summed E-state index contributed by atoms with van der Waals surface area (Å²) in [6.07, 6.45) is 37.7. The zero-order valence-electron chi connectivity index (χ0n) is 86.4. The molecule has 6 fully saturated rings. The molecular weight excluding hydrogens is 1910 g/mol. The highest BCUT2D eigenvalue weighted by molar-refractivity contribution is 6.31. The highest BCUT2D eigenvalue weighted by Gasteiger charge is 2.48. The third-order valence-electron chi connectivity index (χ3n) is 30.6. The third kappa shape index (κ3) is 21.2. The fraction of sp³-hybridized carbons (Fsp3) is 0.447. The first-order valence-electron chi connectivity index (χ1n) is 52.6. The smallest absolute Gasteiger partial charge is 0.410 e. The molecule has 0 spiro atoms. The number of aryl methyl sites for hydroxylation is 1. The molecule has 5 saturated heterocycles. The van der Waals surface area contributed by atoms with Crippen LogP contribution >= 0.6 is 11.6 Å². The van der Waals surface area contributed by atoms with E-state index >= 15 is 0 Å². The van der Waals surface area contributed by atoms with Crippen molar-refractivity contribution >= 4 is 75.6 Å². The number of anilines is 5. The van der Waals surface area contributed by atoms with E-state index in [0.29, 0.717) is 80.3 Å². The highest BCUT2D eigenvalue weighted by Crippen LogP contribution is 2.57. The van der Waals surface area contributed by atoms with Crippen LogP contribution in [0.25, 0.3) is 36.0 Å². The second-order valence-corrected chi connectivity index (χ2v) is 44.0. The maximum atomic E-state index is 12.5. The predicted octanol–water partition coefficient (Wildman–Crippen LogP) is 22.7. The largest absolute Gasteiger partial charge is 0.493 e. The van der Waals surface area contributed by atoms with E-state index in [1.807, 2.05) is 148 Å². The number of halogens is 1. The number of nitrogens with zero attached hydrogens (tertiary/aromatic N) is 15. The normalized spacial score (nSPS) is 23.2. The minimum atomic E-state index is -0.514. The molecule has 3 aromatic carbocycles. The molecule has 36 heteroatoms. The lowest BCUT2D eigenvalue weighted by Crippen LogP contribution is -2.42. The molecule has 0 bridgehead atoms. The van der Waals surface area contributed by atoms with E-state index in [9.17, 15) is 14.4 Å². The van der Waals surface area contributed by atoms with Gasteiger partial charge in [-0.3, -0.25) is 30.5 Å². The van der Waals surface area contributed by atoms with Gasteiger partial charge in [-0.15, -0.1) is 0 Å². The Kier molecular flexibility index (Phi) is 29.8. The summed E-state index contributed by atoms with van der Waals surface area (Å²) < 4.78 is 33.9. The molecule has 24 rings (SSSR count). The van der Waals surface area contributed by atoms with Crippen molar-refractivity contribution in [3.05, 3.63) is 321 Å². The van der Waals surface area contributed by atoms with Gasteiger partial charge < -0.3 is 70.3 Å². The van der Waals surface area contributed by atoms with E-state index < -0.39 is 16.8 Å². The molecule has 7 aromatic heterocycles. The zero-order chi connectivity index (χ0) is 104. The SMILES string of the molecule is CCCC1=C(c2ccccn2)C(c2cccc3nonc23)c2cn[nH]c2N1.[C-]#[N+]C1=C(C2CCN(C(=O)OC(C)(C)C)CC2)Nc2[nH]ncc2C1C1=CC=CC2CCCC12.[C-]#[N+]C1=C(C2CCN(C(=O)OC(C)(C)C)CC2)Nc2[nH]ncc2C1C1=CC=CC2CCOC12.[C-]#[N+]C1=C(C2CCN(C(=O)OC(C)(C)C)CC2)Nc2[nH]ncc2C1c1cccc2c1OCCC2.[C-]#[N+]C1=C(C2CCNC2)Nc2[nH]ncc2C1c1ccccc1Cl. The van der Waals surface area contributed by atoms with Crippen LogP contribution in [0.5, 0.6) is 5.75 Å². The number of hydrogen-bond acceptors (Lipinski definition) is 23. The number of carbonyl (C=O) groups excluding carboxylic acids is 3. The van der Waals surface area contributed by atoms with Crippen molar-refractivity contribution in [3.8, 4) is 5.75 Å². The van der Waals surface area contributed by atoms with E-state index in [4.69, 9.17) is 66.2 Å². The van der Waals surface area contributed by atoms with Crippen LogP contribution in [0, 0.1) is 67.7 Å². The Hall–Kier alpha value is -15.3. The van der Waals surface area contributed by atoms with Gasteiger partial charge in [0.05, 0.1) is 87.5 Å². The molecule has 10 aromatic rings. The number of rotatable bonds is 12. The van der Waals surface area contributed by atoms with Gasteiger partial charge in [-0.1, -0.05) is 128 Å². The van der Waals surface area contributed by atoms with Gasteiger partial charge in [0, 0.05) is 155 Å². The Bertz CT molecular complexity index is 7010. The first-order valence-corrected chi connectivity index (χ1v) is 52.9. The number of ether oxygens (including phenoxy) is 5. The molecule has 11 N–H and O–H groups in total. The van der Waals surface area contributed by atoms with Crippen molar-refractivity contribution in [3.63, 3.8) is 0 Å². The Morgan fingerprint density at radius 2 is 0.933 bits per heavy atom. The Balaban J connectivity index is 0.000000114. The molecule has 3 amide bonds. The maximum absolute atomic E-state index is 12.5. The van der Waals surface area contributed by atoms with Gasteiger partial charge in [-0.25, -0.2) is 38.4 Å². The monoisotopic (exact) mass is 2040 g/mol. The summed E-state index contributed by atoms with van der Waals surface area (Å²) in [5, 5.41) is 66.4. The Morgan fingerprint density at radius 3 is 1.44 bits per heavy atom. The molecule has 14 aliphatic rings. The molecule has 0 radical (unpaired) electrons. The minimum absolute atomic E-state index is 0.00728. The van der Waals surface area contributed by atoms with Crippen LogP contribution in [0.4, 0.5) is 43.5 Å². The third-order valence-corrected chi connectivity index (χ3v) is 31.0. The number of hydrogen-bond donors (Lipinski definition) is 11. The van der Waals surface area contributed by atoms with Gasteiger partial charge in [0.2, 0.25) is 0 Å². The number of likely N-dealkylation sites (tertiary alicyclic amines) is 3. The van der Waals surface area contributed by atoms with Crippen molar-refractivity contribution in [1.82, 2.24) is 86.3 Å². The Morgan fingerprint density at radius 1 is 0.467 bits per heavy atom. The van der Waals surface area contributed by atoms with Gasteiger partial charge in [-0.2, -0.15) is 25.5 Å². The second kappa shape index (κ2) is 43.9. The number of nitrogens with one attached hydrogen (secondary N) is 11. The van der Waals surface area contributed by atoms with E-state index in [0.717, 1.165) is 250 Å². The molecule has 10 unspecified atom stereocenters. The summed E-state index contributed by atoms with van der Waals surface area (Å²) in [6, 6.07) is 25.9. The van der Waals surface area contributed by atoms with E-state index in [2.05, 4.69) is 185 Å². The summed E-state index contributed by atoms with van der Waals surface area (Å²) in [4.78, 5) is 63.6. The molecule has 18 heterocycles. The lowest BCUT2D eigenvalue weighted by Gasteiger charge is -2.38. The minimum Gasteiger partial charge on any atom is -0.493 e. The number of benzene rings is 3. The number of pyridine rings is 1. The first kappa shape index (κ1) is 102. The van der Waals surface area contributed by atoms with Crippen LogP contribution < -0.4 is 36.6 Å². The summed E-state index contributed by atoms with van der Waals surface area (Å²) in [7, 11) is 0. The number of aromatic nitrogens is 13. The molecule has 10 atom stereocenters. The topological polar surface area (TPSA) is 392 Å². The Labute approximate surface area is 878 Å². The van der Waals surface area contributed by atoms with Crippen molar-refractivity contribution in [2.24, 2.45) is 41.4 Å². The number of carbonyl (C=O) groups is 3. The molecule has 11 aliphatic heterocycles. The maximum Gasteiger partial charge on any atom is 0.410 e. The number of allylic oxidation sites excluding steroid dienone is 14. The van der Waals surface area contributed by atoms with Crippen LogP contribution in [0.1, 0.15) is 244 Å². The van der Waals surface area contributed by atoms with E-state index in [-0.39, 0.29) is 71.7 Å². The molecular formula is C114H129ClN26O9. The summed E-state index contributed by atoms with van der Waals surface area (Å²) in [6.45, 7) is 58.3. The van der Waals surface area contributed by atoms with Crippen molar-refractivity contribution in [2.75, 3.05) is 92.2 Å². The van der Waals surface area contributed by atoms with Crippen LogP contribution in [0.2, 0.25) is 5.02 Å². The average Bonchev–Trinajstić information content (AvgIpc) is 1.61. The van der Waals surface area contributed by atoms with E-state index in [1.54, 1.807) is 20.9 Å². The average molecular weight is 2040 g/mol. The number of fused-ring (bicyclic) bond motifs is 9. The number of H-pyrrole nitrogens is 5. The van der Waals surface area contributed by atoms with Crippen LogP contribution in [-0.4, -0.2) is 188 Å². The molecule has 3 aliphatic carbocycles. The van der Waals surface area contributed by atoms with Gasteiger partial charge >= 0.3 is 18.3 Å². The molecule has 776 valence electrons. The van der Waals surface area contributed by atoms with Crippen molar-refractivity contribution < 1.29 is 42.7 Å². The van der Waals surface area contributed by atoms with Crippen molar-refractivity contribution in [2.45, 2.75) is 218 Å². The quantitative estimate of drug-likeness (QED) is 0.0400. The van der Waals surface area contributed by atoms with Gasteiger partial charge in [-0.05, 0) is 244 Å². The highest BCUT2D eigenvalue weighted by atomic mass is 35.5. The number of aromatic amines is 5. The standard InChI is InChI=1S/C26H31N5O3.C26H33N5O2.C25H31N5O3.C20H18N6O.C17H16ClN5/c1-26(2,3)34-25(32)31-12-10-16(11-13-31)21-22(27-4)20(19-15-28-30-24(19)29-21)18-9-5-7-17-8-6-14-33-23(17)18;1-26(2,3)33-25(32)31-13-11-17(12-14-31)22-23(27-4)21(20-15-28-30-24(20)29-22)19-10-6-8-16-7-5-9-18(16)19;1-25(2,3)33-24(31)30-11-8-15(9-12-30)20-21(26-4)19(18-14-27-29-23(18)28-20)17-7-5-6-16-10-13-32-22(16)17;1-2-6-15-18(14-8-3-4-10-21-14)17(13-11-22-24-20(13)23-15)12-7-5-9-16-19(12)26-27-25-16;1-19-16-14(11-4-2-3-5-13(11)18)12-9-21-23-17(12)22-15(16)10-6-7-20-8-10/h5,7,9,15-16,20H,6,8,10-14H2,1-3H3,(H2,28,29,30);6,8,10,15-18,21H,5,7,9,11-14H2,1-3H3,(H2,28,29,30);5-7,14-16,19,22H,8-13H2,1-3H3,(H2,27,28,29);3-5,7-11,17H,2,6H2,1H3,(H2,22,23,24);2-5,9-10,14,20H,6-8H2,(H2,21,22,23). The summed E-state index contributed by atoms with van der Waals surface area (Å²) in [5.74, 6) is 6.85. The van der Waals surface area contributed by atoms with Crippen molar-refractivity contribution in [1.29, 1.82) is 0 Å². The predicted molar refractivity (Wildman–Crippen MR) is 572 cm³/mol. The summed E-state index contributed by atoms with van der Waals surface area (Å²) >= 11 is 6.43. The second-order valence-electron chi connectivity index (χ2n) is 43.5. The van der Waals surface area contributed by atoms with Crippen LogP contribution in [0.3, 0.4) is 0 Å². The first-order chi connectivity index (χ1) is 72.7. The van der Waals surface area contributed by atoms with Gasteiger partial charge in [0.25, 0.3) is 0 Å². The fourth-order valence-electron chi connectivity index (χ4n) is 23.8. The van der Waals surface area contributed by atoms with Gasteiger partial charge in [0.15, 0.2) is 22.8 Å². The summed E-state index contributed by atoms with van der Waals surface area (Å²) in [5.41, 5.74) is 21.8. The fourth-order valence-corrected chi connectivity index (χ4v) is 24.0. The van der Waals surface area contributed by atoms with E-state index in [1.165, 1.54) is 30.4 Å². The molecule has 1 saturated carbocycles. The lowest BCUT2D eigenvalue weighted by molar-refractivity contribution is 0.0184. The molecule has 150 heavy (non-hydrogen) atoms. The molecule has 35 nitrogen and oxygen atoms in total. The lowest BCUT2D eigenvalue weighted by atomic mass is 9.73. The number of piperidine rings is 3. The van der Waals surface area contributed by atoms with Gasteiger partial charge in [0.1, 0.15) is 62.7 Å². The van der Waals surface area contributed by atoms with Crippen LogP contribution in [-0.2, 0) is 25.4 Å². The zero-order valence-corrected chi connectivity index (χ0v) is 87.1. The number of amides is 3. The number of para-hydroxylation sites is 1.